The molecule has 2 atom stereocenters. The molecule has 1 aromatic carbocycles. The zero-order valence-electron chi connectivity index (χ0n) is 11.2. The monoisotopic (exact) mass is 246 g/mol. The largest absolute Gasteiger partial charge is 0.349 e. The maximum absolute atomic E-state index is 12.4. The summed E-state index contributed by atoms with van der Waals surface area (Å²) < 4.78 is 0. The first-order valence-corrected chi connectivity index (χ1v) is 6.68. The highest BCUT2D eigenvalue weighted by molar-refractivity contribution is 5.83. The zero-order chi connectivity index (χ0) is 13.0. The van der Waals surface area contributed by atoms with E-state index in [9.17, 15) is 4.79 Å². The summed E-state index contributed by atoms with van der Waals surface area (Å²) in [7, 11) is 0. The minimum absolute atomic E-state index is 0.0671. The van der Waals surface area contributed by atoms with Gasteiger partial charge < -0.3 is 10.6 Å². The van der Waals surface area contributed by atoms with E-state index in [1.165, 1.54) is 0 Å². The molecule has 2 N–H and O–H groups in total. The molecular formula is C15H22N2O. The van der Waals surface area contributed by atoms with Crippen molar-refractivity contribution in [2.75, 3.05) is 13.1 Å². The Morgan fingerprint density at radius 3 is 2.72 bits per heavy atom. The van der Waals surface area contributed by atoms with Gasteiger partial charge in [-0.15, -0.1) is 0 Å². The Balaban J connectivity index is 1.98. The van der Waals surface area contributed by atoms with Crippen LogP contribution < -0.4 is 10.6 Å². The van der Waals surface area contributed by atoms with Gasteiger partial charge in [0.2, 0.25) is 5.91 Å². The van der Waals surface area contributed by atoms with Crippen molar-refractivity contribution in [2.24, 2.45) is 5.41 Å². The van der Waals surface area contributed by atoms with E-state index in [0.29, 0.717) is 0 Å². The predicted molar refractivity (Wildman–Crippen MR) is 73.2 cm³/mol. The Morgan fingerprint density at radius 1 is 1.39 bits per heavy atom. The third-order valence-electron chi connectivity index (χ3n) is 3.79. The van der Waals surface area contributed by atoms with E-state index in [2.05, 4.69) is 10.6 Å². The van der Waals surface area contributed by atoms with Crippen molar-refractivity contribution >= 4 is 5.91 Å². The Kier molecular flexibility index (Phi) is 4.02. The normalized spacial score (nSPS) is 25.4. The third-order valence-corrected chi connectivity index (χ3v) is 3.79. The van der Waals surface area contributed by atoms with Crippen LogP contribution in [-0.4, -0.2) is 19.0 Å². The number of hydrogen-bond acceptors (Lipinski definition) is 2. The van der Waals surface area contributed by atoms with Gasteiger partial charge in [0.05, 0.1) is 11.5 Å². The Labute approximate surface area is 109 Å². The first kappa shape index (κ1) is 13.1. The molecule has 1 amide bonds. The van der Waals surface area contributed by atoms with Gasteiger partial charge in [0.1, 0.15) is 0 Å². The maximum Gasteiger partial charge on any atom is 0.227 e. The average molecular weight is 246 g/mol. The summed E-state index contributed by atoms with van der Waals surface area (Å²) in [5.41, 5.74) is 0.889. The van der Waals surface area contributed by atoms with Crippen molar-refractivity contribution < 1.29 is 4.79 Å². The van der Waals surface area contributed by atoms with Gasteiger partial charge in [0.25, 0.3) is 0 Å². The van der Waals surface area contributed by atoms with E-state index in [1.807, 2.05) is 44.2 Å². The van der Waals surface area contributed by atoms with Crippen LogP contribution in [0.25, 0.3) is 0 Å². The van der Waals surface area contributed by atoms with Crippen LogP contribution in [0.15, 0.2) is 30.3 Å². The molecule has 1 heterocycles. The van der Waals surface area contributed by atoms with Crippen molar-refractivity contribution in [3.05, 3.63) is 35.9 Å². The van der Waals surface area contributed by atoms with Crippen LogP contribution >= 0.6 is 0 Å². The highest BCUT2D eigenvalue weighted by Crippen LogP contribution is 2.26. The van der Waals surface area contributed by atoms with Gasteiger partial charge in [-0.1, -0.05) is 30.3 Å². The van der Waals surface area contributed by atoms with Gasteiger partial charge in [-0.3, -0.25) is 4.79 Å². The van der Waals surface area contributed by atoms with Crippen LogP contribution in [0.3, 0.4) is 0 Å². The fourth-order valence-electron chi connectivity index (χ4n) is 2.45. The molecule has 2 unspecified atom stereocenters. The number of rotatable bonds is 3. The van der Waals surface area contributed by atoms with Crippen molar-refractivity contribution in [2.45, 2.75) is 32.7 Å². The summed E-state index contributed by atoms with van der Waals surface area (Å²) in [5.74, 6) is 0.158. The van der Waals surface area contributed by atoms with Gasteiger partial charge in [-0.25, -0.2) is 0 Å². The molecule has 1 aliphatic heterocycles. The van der Waals surface area contributed by atoms with E-state index in [4.69, 9.17) is 0 Å². The SMILES string of the molecule is CC(NC(=O)C1(C)CCCNC1)c1ccccc1. The topological polar surface area (TPSA) is 41.1 Å². The minimum atomic E-state index is -0.263. The second kappa shape index (κ2) is 5.53. The molecule has 1 fully saturated rings. The molecule has 0 aliphatic carbocycles. The lowest BCUT2D eigenvalue weighted by molar-refractivity contribution is -0.131. The van der Waals surface area contributed by atoms with Gasteiger partial charge in [-0.2, -0.15) is 0 Å². The fraction of sp³-hybridized carbons (Fsp3) is 0.533. The summed E-state index contributed by atoms with van der Waals surface area (Å²) in [6.45, 7) is 5.89. The molecule has 0 bridgehead atoms. The first-order valence-electron chi connectivity index (χ1n) is 6.68. The van der Waals surface area contributed by atoms with E-state index >= 15 is 0 Å². The third kappa shape index (κ3) is 2.91. The number of carbonyl (C=O) groups excluding carboxylic acids is 1. The van der Waals surface area contributed by atoms with Crippen molar-refractivity contribution in [1.29, 1.82) is 0 Å². The Morgan fingerprint density at radius 2 is 2.11 bits per heavy atom. The molecule has 2 rings (SSSR count). The molecule has 0 radical (unpaired) electrons. The highest BCUT2D eigenvalue weighted by atomic mass is 16.2. The number of amides is 1. The maximum atomic E-state index is 12.4. The second-order valence-electron chi connectivity index (χ2n) is 5.45. The smallest absolute Gasteiger partial charge is 0.227 e. The van der Waals surface area contributed by atoms with Crippen molar-refractivity contribution in [1.82, 2.24) is 10.6 Å². The summed E-state index contributed by atoms with van der Waals surface area (Å²) in [5, 5.41) is 6.44. The minimum Gasteiger partial charge on any atom is -0.349 e. The molecule has 0 aromatic heterocycles. The van der Waals surface area contributed by atoms with Gasteiger partial charge in [-0.05, 0) is 38.8 Å². The molecule has 3 heteroatoms. The molecule has 0 saturated carbocycles. The van der Waals surface area contributed by atoms with Crippen LogP contribution in [0.1, 0.15) is 38.3 Å². The molecule has 0 spiro atoms. The van der Waals surface area contributed by atoms with Gasteiger partial charge >= 0.3 is 0 Å². The lowest BCUT2D eigenvalue weighted by atomic mass is 9.81. The highest BCUT2D eigenvalue weighted by Gasteiger charge is 2.35. The van der Waals surface area contributed by atoms with Crippen LogP contribution in [0.5, 0.6) is 0 Å². The van der Waals surface area contributed by atoms with E-state index in [1.54, 1.807) is 0 Å². The van der Waals surface area contributed by atoms with Crippen LogP contribution in [0, 0.1) is 5.41 Å². The number of carbonyl (C=O) groups is 1. The zero-order valence-corrected chi connectivity index (χ0v) is 11.2. The standard InChI is InChI=1S/C15H22N2O/c1-12(13-7-4-3-5-8-13)17-14(18)15(2)9-6-10-16-11-15/h3-5,7-8,12,16H,6,9-11H2,1-2H3,(H,17,18). The van der Waals surface area contributed by atoms with Gasteiger partial charge in [0.15, 0.2) is 0 Å². The summed E-state index contributed by atoms with van der Waals surface area (Å²) in [6.07, 6.45) is 2.04. The molecule has 18 heavy (non-hydrogen) atoms. The lowest BCUT2D eigenvalue weighted by Crippen LogP contribution is -2.49. The van der Waals surface area contributed by atoms with Crippen LogP contribution in [0.4, 0.5) is 0 Å². The fourth-order valence-corrected chi connectivity index (χ4v) is 2.45. The summed E-state index contributed by atoms with van der Waals surface area (Å²) >= 11 is 0. The summed E-state index contributed by atoms with van der Waals surface area (Å²) in [6, 6.07) is 10.2. The van der Waals surface area contributed by atoms with Crippen molar-refractivity contribution in [3.8, 4) is 0 Å². The average Bonchev–Trinajstić information content (AvgIpc) is 2.40. The number of benzene rings is 1. The van der Waals surface area contributed by atoms with E-state index < -0.39 is 0 Å². The lowest BCUT2D eigenvalue weighted by Gasteiger charge is -2.33. The van der Waals surface area contributed by atoms with E-state index in [-0.39, 0.29) is 17.4 Å². The Hall–Kier alpha value is -1.35. The van der Waals surface area contributed by atoms with Crippen LogP contribution in [0.2, 0.25) is 0 Å². The second-order valence-corrected chi connectivity index (χ2v) is 5.45. The van der Waals surface area contributed by atoms with Crippen molar-refractivity contribution in [3.63, 3.8) is 0 Å². The number of nitrogens with one attached hydrogen (secondary N) is 2. The number of piperidine rings is 1. The molecule has 1 aromatic rings. The first-order chi connectivity index (χ1) is 8.62. The van der Waals surface area contributed by atoms with E-state index in [0.717, 1.165) is 31.5 Å². The quantitative estimate of drug-likeness (QED) is 0.859. The molecule has 3 nitrogen and oxygen atoms in total. The van der Waals surface area contributed by atoms with Gasteiger partial charge in [0, 0.05) is 6.54 Å². The molecule has 1 aliphatic rings. The molecular weight excluding hydrogens is 224 g/mol. The molecule has 98 valence electrons. The molecule has 1 saturated heterocycles. The predicted octanol–water partition coefficient (Wildman–Crippen LogP) is 2.25. The number of hydrogen-bond donors (Lipinski definition) is 2. The van der Waals surface area contributed by atoms with Crippen LogP contribution in [-0.2, 0) is 4.79 Å². The Bertz CT molecular complexity index is 396. The summed E-state index contributed by atoms with van der Waals surface area (Å²) in [4.78, 5) is 12.4.